The van der Waals surface area contributed by atoms with Gasteiger partial charge in [0.1, 0.15) is 6.61 Å². The molecule has 38 heavy (non-hydrogen) atoms. The van der Waals surface area contributed by atoms with E-state index >= 15 is 0 Å². The molecular weight excluding hydrogens is 520 g/mol. The molecule has 0 aliphatic carbocycles. The highest BCUT2D eigenvalue weighted by molar-refractivity contribution is 6.74. The van der Waals surface area contributed by atoms with Crippen molar-refractivity contribution in [1.29, 1.82) is 0 Å². The molecule has 0 rings (SSSR count). The Hall–Kier alpha value is -1.45. The predicted molar refractivity (Wildman–Crippen MR) is 141 cm³/mol. The summed E-state index contributed by atoms with van der Waals surface area (Å²) >= 11 is 0. The van der Waals surface area contributed by atoms with Crippen molar-refractivity contribution >= 4 is 26.0 Å². The maximum absolute atomic E-state index is 11.3. The average Bonchev–Trinajstić information content (AvgIpc) is 2.84. The molecule has 0 spiro atoms. The Labute approximate surface area is 227 Å². The molecule has 0 radical (unpaired) electrons. The van der Waals surface area contributed by atoms with Crippen LogP contribution in [0.3, 0.4) is 0 Å². The van der Waals surface area contributed by atoms with Crippen LogP contribution in [0.1, 0.15) is 33.6 Å². The zero-order valence-electron chi connectivity index (χ0n) is 23.8. The van der Waals surface area contributed by atoms with Crippen LogP contribution >= 0.6 is 0 Å². The van der Waals surface area contributed by atoms with Crippen molar-refractivity contribution < 1.29 is 57.1 Å². The summed E-state index contributed by atoms with van der Waals surface area (Å²) in [4.78, 5) is 32.6. The first kappa shape index (κ1) is 36.5. The lowest BCUT2D eigenvalue weighted by Crippen LogP contribution is -2.41. The summed E-state index contributed by atoms with van der Waals surface area (Å²) in [7, 11) is -1.71. The molecule has 12 nitrogen and oxygen atoms in total. The van der Waals surface area contributed by atoms with Gasteiger partial charge < -0.3 is 42.7 Å². The van der Waals surface area contributed by atoms with Crippen molar-refractivity contribution in [3.8, 4) is 0 Å². The van der Waals surface area contributed by atoms with E-state index in [1.165, 1.54) is 0 Å². The van der Waals surface area contributed by atoms with E-state index in [4.69, 9.17) is 42.7 Å². The molecule has 0 aliphatic rings. The number of aliphatic carboxylic acids is 1. The molecule has 0 saturated carbocycles. The number of carboxylic acids is 1. The molecule has 0 aromatic carbocycles. The van der Waals surface area contributed by atoms with E-state index in [0.29, 0.717) is 79.3 Å². The van der Waals surface area contributed by atoms with E-state index in [1.54, 1.807) is 0 Å². The van der Waals surface area contributed by atoms with Gasteiger partial charge in [-0.25, -0.2) is 4.79 Å². The Kier molecular flexibility index (Phi) is 21.5. The smallest absolute Gasteiger partial charge is 0.372 e. The van der Waals surface area contributed by atoms with Crippen LogP contribution in [0.5, 0.6) is 0 Å². The molecule has 0 amide bonds. The van der Waals surface area contributed by atoms with Crippen LogP contribution < -0.4 is 0 Å². The fourth-order valence-corrected chi connectivity index (χ4v) is 3.41. The number of esters is 1. The minimum atomic E-state index is -1.71. The van der Waals surface area contributed by atoms with E-state index < -0.39 is 26.0 Å². The lowest BCUT2D eigenvalue weighted by atomic mass is 10.2. The molecule has 0 aromatic heterocycles. The number of carboxylic acid groups (broad SMARTS) is 1. The van der Waals surface area contributed by atoms with Crippen molar-refractivity contribution in [2.24, 2.45) is 0 Å². The van der Waals surface area contributed by atoms with E-state index in [9.17, 15) is 14.4 Å². The van der Waals surface area contributed by atoms with E-state index in [0.717, 1.165) is 0 Å². The quantitative estimate of drug-likeness (QED) is 0.0705. The largest absolute Gasteiger partial charge is 0.476 e. The molecular formula is C25H48O12Si. The van der Waals surface area contributed by atoms with Gasteiger partial charge in [-0.15, -0.1) is 0 Å². The summed E-state index contributed by atoms with van der Waals surface area (Å²) < 4.78 is 43.3. The molecule has 0 bridgehead atoms. The highest BCUT2D eigenvalue weighted by Crippen LogP contribution is 2.36. The molecule has 0 aromatic rings. The van der Waals surface area contributed by atoms with Crippen LogP contribution in [0, 0.1) is 0 Å². The Morgan fingerprint density at radius 3 is 1.26 bits per heavy atom. The van der Waals surface area contributed by atoms with E-state index in [1.807, 2.05) is 0 Å². The van der Waals surface area contributed by atoms with Gasteiger partial charge in [-0.2, -0.15) is 0 Å². The molecule has 0 atom stereocenters. The summed E-state index contributed by atoms with van der Waals surface area (Å²) in [5.74, 6) is -3.22. The number of hydrogen-bond acceptors (Lipinski definition) is 11. The fraction of sp³-hybridized carbons (Fsp3) is 0.880. The topological polar surface area (TPSA) is 145 Å². The highest BCUT2D eigenvalue weighted by Gasteiger charge is 2.36. The van der Waals surface area contributed by atoms with Gasteiger partial charge in [-0.1, -0.05) is 20.8 Å². The number of rotatable bonds is 26. The number of ketones is 1. The highest BCUT2D eigenvalue weighted by atomic mass is 28.4. The third-order valence-corrected chi connectivity index (χ3v) is 10.2. The lowest BCUT2D eigenvalue weighted by molar-refractivity contribution is -0.151. The van der Waals surface area contributed by atoms with Crippen LogP contribution in [0.15, 0.2) is 0 Å². The number of Topliss-reactive ketones (excluding diaryl/α,β-unsaturated/α-hetero) is 1. The zero-order chi connectivity index (χ0) is 28.7. The van der Waals surface area contributed by atoms with Gasteiger partial charge in [0.25, 0.3) is 0 Å². The van der Waals surface area contributed by atoms with Crippen molar-refractivity contribution in [3.63, 3.8) is 0 Å². The fourth-order valence-electron chi connectivity index (χ4n) is 2.38. The first-order chi connectivity index (χ1) is 18.0. The molecule has 224 valence electrons. The van der Waals surface area contributed by atoms with Gasteiger partial charge >= 0.3 is 11.9 Å². The molecule has 0 aliphatic heterocycles. The van der Waals surface area contributed by atoms with Gasteiger partial charge in [0.2, 0.25) is 5.78 Å². The van der Waals surface area contributed by atoms with Crippen LogP contribution in [-0.2, 0) is 52.0 Å². The third-order valence-electron chi connectivity index (χ3n) is 5.64. The molecule has 13 heteroatoms. The summed E-state index contributed by atoms with van der Waals surface area (Å²) in [5.41, 5.74) is 0. The number of hydrogen-bond donors (Lipinski definition) is 1. The van der Waals surface area contributed by atoms with Crippen LogP contribution in [-0.4, -0.2) is 124 Å². The first-order valence-electron chi connectivity index (χ1n) is 13.0. The Morgan fingerprint density at radius 1 is 0.579 bits per heavy atom. The van der Waals surface area contributed by atoms with Gasteiger partial charge in [0.05, 0.1) is 92.3 Å². The number of carbonyl (C=O) groups is 3. The van der Waals surface area contributed by atoms with Crippen LogP contribution in [0.2, 0.25) is 18.1 Å². The van der Waals surface area contributed by atoms with E-state index in [-0.39, 0.29) is 31.1 Å². The van der Waals surface area contributed by atoms with Crippen molar-refractivity contribution in [1.82, 2.24) is 0 Å². The van der Waals surface area contributed by atoms with Gasteiger partial charge in [-0.05, 0) is 18.1 Å². The Morgan fingerprint density at radius 2 is 0.921 bits per heavy atom. The zero-order valence-corrected chi connectivity index (χ0v) is 24.8. The predicted octanol–water partition coefficient (Wildman–Crippen LogP) is 2.08. The first-order valence-corrected chi connectivity index (χ1v) is 15.9. The lowest BCUT2D eigenvalue weighted by Gasteiger charge is -2.36. The SMILES string of the molecule is CC(C)(C)[Si](C)(C)OCCOCCOCCOCCOCCOCCOCCOC(=O)CCC(=O)C(=O)O. The van der Waals surface area contributed by atoms with Crippen molar-refractivity contribution in [2.45, 2.75) is 51.7 Å². The summed E-state index contributed by atoms with van der Waals surface area (Å²) in [5, 5.41) is 8.62. The van der Waals surface area contributed by atoms with Gasteiger partial charge in [0.15, 0.2) is 8.32 Å². The van der Waals surface area contributed by atoms with Crippen LogP contribution in [0.25, 0.3) is 0 Å². The minimum absolute atomic E-state index is 0.0229. The maximum Gasteiger partial charge on any atom is 0.372 e. The monoisotopic (exact) mass is 568 g/mol. The van der Waals surface area contributed by atoms with Gasteiger partial charge in [0, 0.05) is 6.42 Å². The molecule has 0 heterocycles. The third kappa shape index (κ3) is 21.5. The second-order valence-corrected chi connectivity index (χ2v) is 14.5. The van der Waals surface area contributed by atoms with Crippen molar-refractivity contribution in [3.05, 3.63) is 0 Å². The normalized spacial score (nSPS) is 12.0. The summed E-state index contributed by atoms with van der Waals surface area (Å²) in [6.07, 6.45) is -0.645. The van der Waals surface area contributed by atoms with Crippen LogP contribution in [0.4, 0.5) is 0 Å². The molecule has 0 saturated heterocycles. The Bertz CT molecular complexity index is 636. The maximum atomic E-state index is 11.3. The summed E-state index contributed by atoms with van der Waals surface area (Å²) in [6.45, 7) is 17.0. The molecule has 0 fully saturated rings. The van der Waals surface area contributed by atoms with E-state index in [2.05, 4.69) is 33.9 Å². The molecule has 0 unspecified atom stereocenters. The molecule has 1 N–H and O–H groups in total. The number of carbonyl (C=O) groups excluding carboxylic acids is 2. The second-order valence-electron chi connectivity index (χ2n) is 9.73. The number of ether oxygens (including phenoxy) is 7. The van der Waals surface area contributed by atoms with Gasteiger partial charge in [-0.3, -0.25) is 9.59 Å². The second kappa shape index (κ2) is 22.4. The summed E-state index contributed by atoms with van der Waals surface area (Å²) in [6, 6.07) is 0. The Balaban J connectivity index is 3.26. The standard InChI is InChI=1S/C25H48O12Si/c1-25(2,3)38(4,5)37-21-19-35-17-15-33-13-11-31-9-8-30-10-12-32-14-16-34-18-20-36-23(27)7-6-22(26)24(28)29/h6-21H2,1-5H3,(H,28,29). The minimum Gasteiger partial charge on any atom is -0.476 e. The average molecular weight is 569 g/mol. The van der Waals surface area contributed by atoms with Crippen molar-refractivity contribution in [2.75, 3.05) is 92.5 Å².